The number of rotatable bonds is 5. The monoisotopic (exact) mass is 322 g/mol. The lowest BCUT2D eigenvalue weighted by atomic mass is 10.1. The molecule has 0 aromatic heterocycles. The van der Waals surface area contributed by atoms with Gasteiger partial charge in [0.2, 0.25) is 0 Å². The molecule has 0 aliphatic heterocycles. The molecular formula is C16H24N3O4+. The van der Waals surface area contributed by atoms with Gasteiger partial charge in [0.1, 0.15) is 0 Å². The molecule has 1 unspecified atom stereocenters. The molecule has 0 spiro atoms. The molecule has 3 amide bonds. The fraction of sp³-hybridized carbons (Fsp3) is 0.438. The number of likely N-dealkylation sites (N-methyl/N-ethyl adjacent to an activating group) is 1. The van der Waals surface area contributed by atoms with Crippen molar-refractivity contribution in [3.63, 3.8) is 0 Å². The smallest absolute Gasteiger partial charge is 0.413 e. The average Bonchev–Trinajstić information content (AvgIpc) is 2.42. The highest BCUT2D eigenvalue weighted by Crippen LogP contribution is 2.21. The molecule has 3 N–H and O–H groups in total. The number of amides is 3. The van der Waals surface area contributed by atoms with E-state index in [2.05, 4.69) is 15.4 Å². The second-order valence-corrected chi connectivity index (χ2v) is 5.67. The van der Waals surface area contributed by atoms with Crippen molar-refractivity contribution in [1.29, 1.82) is 0 Å². The number of hydrogen-bond acceptors (Lipinski definition) is 4. The molecule has 0 fully saturated rings. The van der Waals surface area contributed by atoms with E-state index in [1.54, 1.807) is 7.05 Å². The Morgan fingerprint density at radius 3 is 2.09 bits per heavy atom. The summed E-state index contributed by atoms with van der Waals surface area (Å²) in [4.78, 5) is 35.2. The first-order valence-electron chi connectivity index (χ1n) is 7.29. The Morgan fingerprint density at radius 1 is 1.04 bits per heavy atom. The number of methoxy groups -OCH3 is 1. The molecule has 0 radical (unpaired) electrons. The van der Waals surface area contributed by atoms with Gasteiger partial charge in [0.05, 0.1) is 14.2 Å². The number of alkyl carbamates (subject to hydrolysis) is 1. The average molecular weight is 322 g/mol. The van der Waals surface area contributed by atoms with Crippen LogP contribution in [-0.4, -0.2) is 45.2 Å². The molecule has 1 aromatic carbocycles. The number of benzene rings is 1. The summed E-state index contributed by atoms with van der Waals surface area (Å²) in [6.07, 6.45) is -0.807. The van der Waals surface area contributed by atoms with Gasteiger partial charge < -0.3 is 15.0 Å². The number of quaternary nitrogens is 1. The second kappa shape index (κ2) is 8.28. The summed E-state index contributed by atoms with van der Waals surface area (Å²) in [5.74, 6) is -0.687. The molecular weight excluding hydrogens is 298 g/mol. The van der Waals surface area contributed by atoms with Crippen LogP contribution < -0.4 is 15.5 Å². The maximum absolute atomic E-state index is 12.1. The van der Waals surface area contributed by atoms with Crippen LogP contribution in [0.2, 0.25) is 0 Å². The molecule has 0 aliphatic carbocycles. The van der Waals surface area contributed by atoms with Crippen LogP contribution in [0.1, 0.15) is 16.7 Å². The van der Waals surface area contributed by atoms with E-state index in [1.807, 2.05) is 32.9 Å². The quantitative estimate of drug-likeness (QED) is 0.709. The fourth-order valence-corrected chi connectivity index (χ4v) is 2.38. The van der Waals surface area contributed by atoms with Gasteiger partial charge in [0.25, 0.3) is 11.8 Å². The molecule has 7 heteroatoms. The Labute approximate surface area is 136 Å². The molecule has 0 heterocycles. The maximum Gasteiger partial charge on any atom is 0.413 e. The number of carbonyl (C=O) groups is 3. The second-order valence-electron chi connectivity index (χ2n) is 5.67. The van der Waals surface area contributed by atoms with Gasteiger partial charge in [0, 0.05) is 5.69 Å². The SMILES string of the molecule is COC(=O)NC(=O)C[NH+](C)CC(=O)Nc1c(C)cc(C)cc1C. The van der Waals surface area contributed by atoms with Crippen molar-refractivity contribution in [2.45, 2.75) is 20.8 Å². The molecule has 0 bridgehead atoms. The number of ether oxygens (including phenoxy) is 1. The Hall–Kier alpha value is -2.41. The van der Waals surface area contributed by atoms with E-state index in [9.17, 15) is 14.4 Å². The highest BCUT2D eigenvalue weighted by molar-refractivity contribution is 5.94. The van der Waals surface area contributed by atoms with Crippen molar-refractivity contribution in [1.82, 2.24) is 5.32 Å². The van der Waals surface area contributed by atoms with Gasteiger partial charge in [0.15, 0.2) is 13.1 Å². The highest BCUT2D eigenvalue weighted by Gasteiger charge is 2.17. The Bertz CT molecular complexity index is 590. The molecule has 0 saturated carbocycles. The number of carbonyl (C=O) groups excluding carboxylic acids is 3. The van der Waals surface area contributed by atoms with E-state index < -0.39 is 12.0 Å². The van der Waals surface area contributed by atoms with E-state index in [1.165, 1.54) is 7.11 Å². The van der Waals surface area contributed by atoms with Gasteiger partial charge in [-0.25, -0.2) is 4.79 Å². The first-order valence-corrected chi connectivity index (χ1v) is 7.29. The van der Waals surface area contributed by atoms with Gasteiger partial charge in [-0.1, -0.05) is 17.7 Å². The third kappa shape index (κ3) is 6.07. The highest BCUT2D eigenvalue weighted by atomic mass is 16.5. The first-order chi connectivity index (χ1) is 10.7. The van der Waals surface area contributed by atoms with E-state index in [0.29, 0.717) is 4.90 Å². The van der Waals surface area contributed by atoms with Gasteiger partial charge >= 0.3 is 6.09 Å². The van der Waals surface area contributed by atoms with Gasteiger partial charge in [-0.2, -0.15) is 0 Å². The van der Waals surface area contributed by atoms with E-state index in [0.717, 1.165) is 22.4 Å². The van der Waals surface area contributed by atoms with Crippen molar-refractivity contribution in [3.8, 4) is 0 Å². The van der Waals surface area contributed by atoms with Crippen LogP contribution in [0.5, 0.6) is 0 Å². The van der Waals surface area contributed by atoms with E-state index >= 15 is 0 Å². The number of aryl methyl sites for hydroxylation is 3. The zero-order chi connectivity index (χ0) is 17.6. The van der Waals surface area contributed by atoms with E-state index in [-0.39, 0.29) is 19.0 Å². The van der Waals surface area contributed by atoms with Gasteiger partial charge in [-0.3, -0.25) is 14.9 Å². The maximum atomic E-state index is 12.1. The van der Waals surface area contributed by atoms with Crippen molar-refractivity contribution < 1.29 is 24.0 Å². The predicted octanol–water partition coefficient (Wildman–Crippen LogP) is -0.0523. The fourth-order valence-electron chi connectivity index (χ4n) is 2.38. The summed E-state index contributed by atoms with van der Waals surface area (Å²) < 4.78 is 4.34. The lowest BCUT2D eigenvalue weighted by Gasteiger charge is -2.15. The lowest BCUT2D eigenvalue weighted by molar-refractivity contribution is -0.862. The summed E-state index contributed by atoms with van der Waals surface area (Å²) in [6, 6.07) is 4.01. The molecule has 126 valence electrons. The minimum Gasteiger partial charge on any atom is -0.453 e. The van der Waals surface area contributed by atoms with Crippen LogP contribution in [0.4, 0.5) is 10.5 Å². The third-order valence-corrected chi connectivity index (χ3v) is 3.29. The van der Waals surface area contributed by atoms with Crippen LogP contribution >= 0.6 is 0 Å². The number of nitrogens with one attached hydrogen (secondary N) is 3. The van der Waals surface area contributed by atoms with Crippen molar-refractivity contribution in [2.75, 3.05) is 32.6 Å². The zero-order valence-electron chi connectivity index (χ0n) is 14.2. The van der Waals surface area contributed by atoms with Crippen molar-refractivity contribution in [3.05, 3.63) is 28.8 Å². The Morgan fingerprint density at radius 2 is 1.57 bits per heavy atom. The molecule has 1 aromatic rings. The topological polar surface area (TPSA) is 88.9 Å². The first kappa shape index (κ1) is 18.6. The molecule has 23 heavy (non-hydrogen) atoms. The predicted molar refractivity (Wildman–Crippen MR) is 86.5 cm³/mol. The molecule has 7 nitrogen and oxygen atoms in total. The molecule has 0 aliphatic rings. The van der Waals surface area contributed by atoms with Crippen LogP contribution in [0.3, 0.4) is 0 Å². The van der Waals surface area contributed by atoms with E-state index in [4.69, 9.17) is 0 Å². The number of anilines is 1. The standard InChI is InChI=1S/C16H23N3O4/c1-10-6-11(2)15(12(3)7-10)17-13(20)8-19(4)9-14(21)18-16(22)23-5/h6-7H,8-9H2,1-5H3,(H,17,20)(H,18,21,22)/p+1. The molecule has 1 atom stereocenters. The minimum atomic E-state index is -0.807. The van der Waals surface area contributed by atoms with Gasteiger partial charge in [-0.15, -0.1) is 0 Å². The molecule has 1 rings (SSSR count). The van der Waals surface area contributed by atoms with Crippen LogP contribution in [0, 0.1) is 20.8 Å². The van der Waals surface area contributed by atoms with Crippen LogP contribution in [0.25, 0.3) is 0 Å². The summed E-state index contributed by atoms with van der Waals surface area (Å²) >= 11 is 0. The summed E-state index contributed by atoms with van der Waals surface area (Å²) in [5.41, 5.74) is 3.93. The van der Waals surface area contributed by atoms with Crippen LogP contribution in [-0.2, 0) is 14.3 Å². The normalized spacial score (nSPS) is 11.5. The summed E-state index contributed by atoms with van der Waals surface area (Å²) in [5, 5.41) is 4.93. The Balaban J connectivity index is 2.57. The Kier molecular flexibility index (Phi) is 6.71. The number of hydrogen-bond donors (Lipinski definition) is 3. The third-order valence-electron chi connectivity index (χ3n) is 3.29. The lowest BCUT2D eigenvalue weighted by Crippen LogP contribution is -3.11. The van der Waals surface area contributed by atoms with Crippen molar-refractivity contribution >= 4 is 23.6 Å². The molecule has 0 saturated heterocycles. The van der Waals surface area contributed by atoms with Gasteiger partial charge in [-0.05, 0) is 31.9 Å². The minimum absolute atomic E-state index is 0.00557. The zero-order valence-corrected chi connectivity index (χ0v) is 14.2. The van der Waals surface area contributed by atoms with Crippen LogP contribution in [0.15, 0.2) is 12.1 Å². The summed E-state index contributed by atoms with van der Waals surface area (Å²) in [7, 11) is 2.88. The van der Waals surface area contributed by atoms with Crippen molar-refractivity contribution in [2.24, 2.45) is 0 Å². The summed E-state index contributed by atoms with van der Waals surface area (Å²) in [6.45, 7) is 5.99. The largest absolute Gasteiger partial charge is 0.453 e. The number of imide groups is 1.